The first-order valence-corrected chi connectivity index (χ1v) is 10.7. The summed E-state index contributed by atoms with van der Waals surface area (Å²) in [6, 6.07) is 10.4. The van der Waals surface area contributed by atoms with E-state index in [0.29, 0.717) is 6.42 Å². The molecule has 1 unspecified atom stereocenters. The number of esters is 1. The van der Waals surface area contributed by atoms with Crippen molar-refractivity contribution >= 4 is 11.9 Å². The van der Waals surface area contributed by atoms with Crippen LogP contribution in [0.5, 0.6) is 0 Å². The summed E-state index contributed by atoms with van der Waals surface area (Å²) in [5.41, 5.74) is 1.80. The highest BCUT2D eigenvalue weighted by Gasteiger charge is 2.23. The minimum atomic E-state index is -0.477. The van der Waals surface area contributed by atoms with E-state index in [4.69, 9.17) is 4.74 Å². The molecule has 0 spiro atoms. The van der Waals surface area contributed by atoms with Gasteiger partial charge in [-0.2, -0.15) is 0 Å². The fourth-order valence-electron chi connectivity index (χ4n) is 3.76. The summed E-state index contributed by atoms with van der Waals surface area (Å²) >= 11 is 0. The zero-order chi connectivity index (χ0) is 20.7. The number of ether oxygens (including phenoxy) is 1. The molecular weight excluding hydrogens is 362 g/mol. The van der Waals surface area contributed by atoms with Gasteiger partial charge < -0.3 is 9.64 Å². The number of nitrogens with zero attached hydrogens (tertiary/aromatic N) is 3. The van der Waals surface area contributed by atoms with Crippen LogP contribution in [0, 0.1) is 0 Å². The van der Waals surface area contributed by atoms with Crippen LogP contribution in [0.3, 0.4) is 0 Å². The van der Waals surface area contributed by atoms with Crippen molar-refractivity contribution in [2.45, 2.75) is 70.8 Å². The van der Waals surface area contributed by atoms with Crippen LogP contribution in [0.4, 0.5) is 5.95 Å². The van der Waals surface area contributed by atoms with Crippen molar-refractivity contribution in [2.24, 2.45) is 0 Å². The van der Waals surface area contributed by atoms with Gasteiger partial charge in [0.15, 0.2) is 0 Å². The molecule has 0 bridgehead atoms. The molecule has 1 aromatic carbocycles. The van der Waals surface area contributed by atoms with Crippen molar-refractivity contribution in [1.82, 2.24) is 9.97 Å². The third kappa shape index (κ3) is 6.84. The van der Waals surface area contributed by atoms with E-state index in [2.05, 4.69) is 39.1 Å². The van der Waals surface area contributed by atoms with Gasteiger partial charge in [0, 0.05) is 25.5 Å². The van der Waals surface area contributed by atoms with E-state index in [1.165, 1.54) is 24.8 Å². The highest BCUT2D eigenvalue weighted by atomic mass is 16.6. The van der Waals surface area contributed by atoms with Gasteiger partial charge in [0.1, 0.15) is 5.60 Å². The van der Waals surface area contributed by atoms with Crippen molar-refractivity contribution in [3.05, 3.63) is 53.9 Å². The number of rotatable bonds is 7. The fraction of sp³-hybridized carbons (Fsp3) is 0.542. The largest absolute Gasteiger partial charge is 0.460 e. The molecule has 1 aliphatic heterocycles. The van der Waals surface area contributed by atoms with Gasteiger partial charge in [0.05, 0.1) is 6.42 Å². The van der Waals surface area contributed by atoms with Gasteiger partial charge in [-0.1, -0.05) is 30.3 Å². The average Bonchev–Trinajstić information content (AvgIpc) is 2.71. The summed E-state index contributed by atoms with van der Waals surface area (Å²) < 4.78 is 5.57. The van der Waals surface area contributed by atoms with E-state index in [9.17, 15) is 4.79 Å². The SMILES string of the molecule is CC(C)(C)OC(=O)CC(CCc1ccccc1)c1cnc(N2CCCCC2)nc1. The second kappa shape index (κ2) is 9.86. The zero-order valence-electron chi connectivity index (χ0n) is 17.9. The van der Waals surface area contributed by atoms with Crippen molar-refractivity contribution < 1.29 is 9.53 Å². The quantitative estimate of drug-likeness (QED) is 0.623. The molecule has 1 aromatic heterocycles. The predicted octanol–water partition coefficient (Wildman–Crippen LogP) is 4.92. The average molecular weight is 396 g/mol. The van der Waals surface area contributed by atoms with E-state index in [-0.39, 0.29) is 11.9 Å². The van der Waals surface area contributed by atoms with Gasteiger partial charge in [-0.25, -0.2) is 9.97 Å². The smallest absolute Gasteiger partial charge is 0.306 e. The number of hydrogen-bond donors (Lipinski definition) is 0. The summed E-state index contributed by atoms with van der Waals surface area (Å²) in [6.07, 6.45) is 9.58. The molecule has 5 heteroatoms. The van der Waals surface area contributed by atoms with Crippen molar-refractivity contribution in [3.8, 4) is 0 Å². The Morgan fingerprint density at radius 1 is 1.07 bits per heavy atom. The molecule has 1 fully saturated rings. The Kier molecular flexibility index (Phi) is 7.24. The van der Waals surface area contributed by atoms with Crippen molar-refractivity contribution in [1.29, 1.82) is 0 Å². The van der Waals surface area contributed by atoms with Gasteiger partial charge in [-0.15, -0.1) is 0 Å². The Hall–Kier alpha value is -2.43. The van der Waals surface area contributed by atoms with Crippen LogP contribution in [-0.2, 0) is 16.0 Å². The Morgan fingerprint density at radius 2 is 1.72 bits per heavy atom. The number of aromatic nitrogens is 2. The van der Waals surface area contributed by atoms with Gasteiger partial charge in [0.2, 0.25) is 5.95 Å². The molecule has 0 N–H and O–H groups in total. The maximum absolute atomic E-state index is 12.5. The summed E-state index contributed by atoms with van der Waals surface area (Å²) in [6.45, 7) is 7.75. The minimum absolute atomic E-state index is 0.0421. The van der Waals surface area contributed by atoms with Crippen LogP contribution in [0.2, 0.25) is 0 Å². The number of carbonyl (C=O) groups is 1. The van der Waals surface area contributed by atoms with Crippen LogP contribution in [-0.4, -0.2) is 34.6 Å². The molecular formula is C24H33N3O2. The predicted molar refractivity (Wildman–Crippen MR) is 116 cm³/mol. The topological polar surface area (TPSA) is 55.3 Å². The molecule has 1 aliphatic rings. The summed E-state index contributed by atoms with van der Waals surface area (Å²) in [5, 5.41) is 0. The fourth-order valence-corrected chi connectivity index (χ4v) is 3.76. The second-order valence-electron chi connectivity index (χ2n) is 8.88. The first-order chi connectivity index (χ1) is 13.9. The van der Waals surface area contributed by atoms with Gasteiger partial charge in [0.25, 0.3) is 0 Å². The molecule has 0 aliphatic carbocycles. The van der Waals surface area contributed by atoms with Crippen molar-refractivity contribution in [3.63, 3.8) is 0 Å². The van der Waals surface area contributed by atoms with Gasteiger partial charge in [-0.05, 0) is 69.9 Å². The van der Waals surface area contributed by atoms with Crippen LogP contribution >= 0.6 is 0 Å². The third-order valence-corrected chi connectivity index (χ3v) is 5.23. The highest BCUT2D eigenvalue weighted by molar-refractivity contribution is 5.71. The molecule has 2 aromatic rings. The molecule has 156 valence electrons. The normalized spacial score (nSPS) is 15.8. The molecule has 0 radical (unpaired) electrons. The first-order valence-electron chi connectivity index (χ1n) is 10.7. The lowest BCUT2D eigenvalue weighted by molar-refractivity contribution is -0.155. The number of hydrogen-bond acceptors (Lipinski definition) is 5. The maximum atomic E-state index is 12.5. The van der Waals surface area contributed by atoms with Gasteiger partial charge >= 0.3 is 5.97 Å². The van der Waals surface area contributed by atoms with E-state index in [1.807, 2.05) is 39.2 Å². The molecule has 2 heterocycles. The van der Waals surface area contributed by atoms with Crippen molar-refractivity contribution in [2.75, 3.05) is 18.0 Å². The van der Waals surface area contributed by atoms with E-state index < -0.39 is 5.60 Å². The molecule has 1 saturated heterocycles. The molecule has 3 rings (SSSR count). The summed E-state index contributed by atoms with van der Waals surface area (Å²) in [5.74, 6) is 0.670. The number of piperidine rings is 1. The maximum Gasteiger partial charge on any atom is 0.306 e. The second-order valence-corrected chi connectivity index (χ2v) is 8.88. The van der Waals surface area contributed by atoms with Crippen LogP contribution in [0.1, 0.15) is 69.9 Å². The lowest BCUT2D eigenvalue weighted by atomic mass is 9.91. The third-order valence-electron chi connectivity index (χ3n) is 5.23. The summed E-state index contributed by atoms with van der Waals surface area (Å²) in [4.78, 5) is 24.0. The van der Waals surface area contributed by atoms with Gasteiger partial charge in [-0.3, -0.25) is 4.79 Å². The number of aryl methyl sites for hydroxylation is 1. The standard InChI is InChI=1S/C24H33N3O2/c1-24(2,3)29-22(28)16-20(13-12-19-10-6-4-7-11-19)21-17-25-23(26-18-21)27-14-8-5-9-15-27/h4,6-7,10-11,17-18,20H,5,8-9,12-16H2,1-3H3. The first kappa shape index (κ1) is 21.3. The number of benzene rings is 1. The van der Waals surface area contributed by atoms with Crippen LogP contribution in [0.25, 0.3) is 0 Å². The Labute approximate surface area is 174 Å². The Morgan fingerprint density at radius 3 is 2.34 bits per heavy atom. The minimum Gasteiger partial charge on any atom is -0.460 e. The van der Waals surface area contributed by atoms with Crippen LogP contribution < -0.4 is 4.90 Å². The lowest BCUT2D eigenvalue weighted by Crippen LogP contribution is -2.31. The molecule has 29 heavy (non-hydrogen) atoms. The highest BCUT2D eigenvalue weighted by Crippen LogP contribution is 2.27. The molecule has 5 nitrogen and oxygen atoms in total. The zero-order valence-corrected chi connectivity index (χ0v) is 17.9. The Balaban J connectivity index is 1.71. The summed E-state index contributed by atoms with van der Waals surface area (Å²) in [7, 11) is 0. The van der Waals surface area contributed by atoms with E-state index in [0.717, 1.165) is 37.4 Å². The molecule has 0 amide bonds. The number of carbonyl (C=O) groups excluding carboxylic acids is 1. The van der Waals surface area contributed by atoms with Crippen LogP contribution in [0.15, 0.2) is 42.7 Å². The number of anilines is 1. The van der Waals surface area contributed by atoms with E-state index >= 15 is 0 Å². The molecule has 0 saturated carbocycles. The lowest BCUT2D eigenvalue weighted by Gasteiger charge is -2.27. The van der Waals surface area contributed by atoms with E-state index in [1.54, 1.807) is 0 Å². The Bertz CT molecular complexity index is 763. The molecule has 1 atom stereocenters. The monoisotopic (exact) mass is 395 g/mol.